The highest BCUT2D eigenvalue weighted by atomic mass is 19.4. The maximum atomic E-state index is 13.4. The van der Waals surface area contributed by atoms with Crippen molar-refractivity contribution in [3.63, 3.8) is 0 Å². The van der Waals surface area contributed by atoms with Gasteiger partial charge in [0.05, 0.1) is 5.92 Å². The number of carbonyl (C=O) groups is 2. The van der Waals surface area contributed by atoms with Gasteiger partial charge >= 0.3 is 6.18 Å². The molecule has 0 aromatic heterocycles. The Morgan fingerprint density at radius 2 is 1.40 bits per heavy atom. The maximum absolute atomic E-state index is 13.4. The largest absolute Gasteiger partial charge is 0.450 e. The molecule has 0 N–H and O–H groups in total. The fraction of sp³-hybridized carbons (Fsp3) is 0.600. The van der Waals surface area contributed by atoms with Gasteiger partial charge in [0.15, 0.2) is 5.78 Å². The van der Waals surface area contributed by atoms with E-state index in [-0.39, 0.29) is 5.56 Å². The zero-order valence-corrected chi connectivity index (χ0v) is 13.9. The average Bonchev–Trinajstić information content (AvgIpc) is 2.53. The molecule has 0 radical (unpaired) electrons. The smallest absolute Gasteiger partial charge is 0.293 e. The monoisotopic (exact) mass is 350 g/mol. The van der Waals surface area contributed by atoms with Gasteiger partial charge in [0.25, 0.3) is 0 Å². The molecule has 2 nitrogen and oxygen atoms in total. The molecule has 5 rings (SSSR count). The Hall–Kier alpha value is -1.65. The van der Waals surface area contributed by atoms with E-state index in [0.717, 1.165) is 19.3 Å². The highest BCUT2D eigenvalue weighted by Gasteiger charge is 2.61. The summed E-state index contributed by atoms with van der Waals surface area (Å²) in [5.74, 6) is -2.95. The van der Waals surface area contributed by atoms with Crippen LogP contribution in [-0.4, -0.2) is 17.7 Å². The standard InChI is InChI=1S/C20H21F3O2/c21-20(22,23)18(25)16(17(24)15-4-2-1-3-5-15)19-9-12-6-13(10-19)8-14(7-12)11-19/h1-5,12-14,16H,6-11H2/t12?,13?,14?,16-,19?/m0/s1. The lowest BCUT2D eigenvalue weighted by Crippen LogP contribution is -2.55. The summed E-state index contributed by atoms with van der Waals surface area (Å²) in [6.45, 7) is 0. The molecule has 1 aromatic carbocycles. The van der Waals surface area contributed by atoms with Gasteiger partial charge in [0.2, 0.25) is 5.78 Å². The van der Waals surface area contributed by atoms with Gasteiger partial charge in [-0.25, -0.2) is 0 Å². The van der Waals surface area contributed by atoms with Crippen LogP contribution in [-0.2, 0) is 4.79 Å². The summed E-state index contributed by atoms with van der Waals surface area (Å²) in [5, 5.41) is 0. The molecule has 0 saturated heterocycles. The Bertz CT molecular complexity index is 657. The van der Waals surface area contributed by atoms with Crippen molar-refractivity contribution in [3.05, 3.63) is 35.9 Å². The highest BCUT2D eigenvalue weighted by molar-refractivity contribution is 6.12. The summed E-state index contributed by atoms with van der Waals surface area (Å²) < 4.78 is 40.1. The van der Waals surface area contributed by atoms with Crippen molar-refractivity contribution in [1.29, 1.82) is 0 Å². The lowest BCUT2D eigenvalue weighted by Gasteiger charge is -2.58. The van der Waals surface area contributed by atoms with Gasteiger partial charge in [0, 0.05) is 5.56 Å². The van der Waals surface area contributed by atoms with E-state index >= 15 is 0 Å². The van der Waals surface area contributed by atoms with E-state index < -0.39 is 29.1 Å². The van der Waals surface area contributed by atoms with Crippen molar-refractivity contribution >= 4 is 11.6 Å². The third-order valence-corrected chi connectivity index (χ3v) is 6.56. The van der Waals surface area contributed by atoms with Crippen molar-refractivity contribution < 1.29 is 22.8 Å². The molecule has 0 heterocycles. The normalized spacial score (nSPS) is 34.8. The minimum atomic E-state index is -4.97. The zero-order chi connectivity index (χ0) is 17.8. The average molecular weight is 350 g/mol. The van der Waals surface area contributed by atoms with Gasteiger partial charge in [-0.05, 0) is 61.7 Å². The number of halogens is 3. The Morgan fingerprint density at radius 1 is 0.920 bits per heavy atom. The number of Topliss-reactive ketones (excluding diaryl/α,β-unsaturated/α-hetero) is 2. The van der Waals surface area contributed by atoms with Gasteiger partial charge in [0.1, 0.15) is 0 Å². The first-order chi connectivity index (χ1) is 11.8. The van der Waals surface area contributed by atoms with E-state index in [0.29, 0.717) is 37.0 Å². The van der Waals surface area contributed by atoms with Gasteiger partial charge in [-0.2, -0.15) is 13.2 Å². The van der Waals surface area contributed by atoms with Crippen LogP contribution in [0.2, 0.25) is 0 Å². The van der Waals surface area contributed by atoms with Crippen LogP contribution >= 0.6 is 0 Å². The van der Waals surface area contributed by atoms with E-state index in [2.05, 4.69) is 0 Å². The molecule has 0 amide bonds. The van der Waals surface area contributed by atoms with Crippen LogP contribution in [0.1, 0.15) is 48.9 Å². The minimum absolute atomic E-state index is 0.209. The second kappa shape index (κ2) is 5.68. The summed E-state index contributed by atoms with van der Waals surface area (Å²) in [5.41, 5.74) is -0.588. The van der Waals surface area contributed by atoms with E-state index in [1.807, 2.05) is 0 Å². The van der Waals surface area contributed by atoms with Crippen LogP contribution in [0.25, 0.3) is 0 Å². The van der Waals surface area contributed by atoms with Crippen LogP contribution in [0.3, 0.4) is 0 Å². The lowest BCUT2D eigenvalue weighted by molar-refractivity contribution is -0.183. The van der Waals surface area contributed by atoms with Gasteiger partial charge in [-0.15, -0.1) is 0 Å². The van der Waals surface area contributed by atoms with Crippen molar-refractivity contribution in [3.8, 4) is 0 Å². The fourth-order valence-corrected chi connectivity index (χ4v) is 6.14. The van der Waals surface area contributed by atoms with Crippen molar-refractivity contribution in [2.24, 2.45) is 29.1 Å². The zero-order valence-electron chi connectivity index (χ0n) is 13.9. The van der Waals surface area contributed by atoms with Crippen LogP contribution < -0.4 is 0 Å². The third-order valence-electron chi connectivity index (χ3n) is 6.56. The number of benzene rings is 1. The molecule has 1 atom stereocenters. The number of hydrogen-bond donors (Lipinski definition) is 0. The lowest BCUT2D eigenvalue weighted by atomic mass is 9.45. The number of hydrogen-bond acceptors (Lipinski definition) is 2. The summed E-state index contributed by atoms with van der Waals surface area (Å²) in [6, 6.07) is 7.99. The first-order valence-corrected chi connectivity index (χ1v) is 8.99. The van der Waals surface area contributed by atoms with Gasteiger partial charge in [-0.1, -0.05) is 30.3 Å². The second-order valence-electron chi connectivity index (χ2n) is 8.31. The topological polar surface area (TPSA) is 34.1 Å². The van der Waals surface area contributed by atoms with Gasteiger partial charge < -0.3 is 0 Å². The molecule has 25 heavy (non-hydrogen) atoms. The van der Waals surface area contributed by atoms with Crippen LogP contribution in [0.4, 0.5) is 13.2 Å². The number of alkyl halides is 3. The second-order valence-corrected chi connectivity index (χ2v) is 8.31. The molecule has 134 valence electrons. The third kappa shape index (κ3) is 2.81. The fourth-order valence-electron chi connectivity index (χ4n) is 6.14. The maximum Gasteiger partial charge on any atom is 0.450 e. The Morgan fingerprint density at radius 3 is 1.84 bits per heavy atom. The number of rotatable bonds is 4. The molecule has 0 aliphatic heterocycles. The van der Waals surface area contributed by atoms with Crippen molar-refractivity contribution in [2.75, 3.05) is 0 Å². The van der Waals surface area contributed by atoms with E-state index in [1.54, 1.807) is 18.2 Å². The van der Waals surface area contributed by atoms with E-state index in [4.69, 9.17) is 0 Å². The molecule has 4 fully saturated rings. The summed E-state index contributed by atoms with van der Waals surface area (Å²) in [7, 11) is 0. The van der Waals surface area contributed by atoms with Crippen molar-refractivity contribution in [2.45, 2.75) is 44.7 Å². The van der Waals surface area contributed by atoms with Crippen molar-refractivity contribution in [1.82, 2.24) is 0 Å². The van der Waals surface area contributed by atoms with Crippen LogP contribution in [0.15, 0.2) is 30.3 Å². The van der Waals surface area contributed by atoms with Gasteiger partial charge in [-0.3, -0.25) is 9.59 Å². The Labute approximate surface area is 144 Å². The highest BCUT2D eigenvalue weighted by Crippen LogP contribution is 2.63. The first-order valence-electron chi connectivity index (χ1n) is 8.99. The number of ketones is 2. The molecule has 4 saturated carbocycles. The Balaban J connectivity index is 1.76. The molecule has 1 aromatic rings. The molecule has 0 unspecified atom stereocenters. The van der Waals surface area contributed by atoms with Crippen LogP contribution in [0.5, 0.6) is 0 Å². The van der Waals surface area contributed by atoms with E-state index in [1.165, 1.54) is 12.1 Å². The Kier molecular flexibility index (Phi) is 3.82. The molecule has 0 spiro atoms. The molecule has 4 bridgehead atoms. The summed E-state index contributed by atoms with van der Waals surface area (Å²) >= 11 is 0. The SMILES string of the molecule is O=C(c1ccccc1)[C@@H](C(=O)C(F)(F)F)C12CC3CC(CC(C3)C1)C2. The molecule has 4 aliphatic carbocycles. The predicted molar refractivity (Wildman–Crippen MR) is 85.9 cm³/mol. The molecular weight excluding hydrogens is 329 g/mol. The predicted octanol–water partition coefficient (Wildman–Crippen LogP) is 4.83. The molecule has 4 aliphatic rings. The molecule has 5 heteroatoms. The molecular formula is C20H21F3O2. The number of carbonyl (C=O) groups excluding carboxylic acids is 2. The van der Waals surface area contributed by atoms with E-state index in [9.17, 15) is 22.8 Å². The summed E-state index contributed by atoms with van der Waals surface area (Å²) in [6.07, 6.45) is -0.0697. The van der Waals surface area contributed by atoms with Crippen LogP contribution in [0, 0.1) is 29.1 Å². The first kappa shape index (κ1) is 16.8. The summed E-state index contributed by atoms with van der Waals surface area (Å²) in [4.78, 5) is 25.4. The minimum Gasteiger partial charge on any atom is -0.293 e. The quantitative estimate of drug-likeness (QED) is 0.575.